The lowest BCUT2D eigenvalue weighted by atomic mass is 9.80. The van der Waals surface area contributed by atoms with Crippen LogP contribution < -0.4 is 10.2 Å². The van der Waals surface area contributed by atoms with Crippen molar-refractivity contribution in [1.82, 2.24) is 5.32 Å². The number of esters is 1. The van der Waals surface area contributed by atoms with Crippen molar-refractivity contribution in [1.29, 1.82) is 0 Å². The molecular weight excluding hydrogens is 415 g/mol. The normalized spacial score (nSPS) is 26.9. The highest BCUT2D eigenvalue weighted by molar-refractivity contribution is 6.24. The number of halogens is 1. The molecule has 0 bridgehead atoms. The van der Waals surface area contributed by atoms with Gasteiger partial charge in [0, 0.05) is 17.2 Å². The van der Waals surface area contributed by atoms with Crippen LogP contribution in [0.2, 0.25) is 0 Å². The molecule has 2 fully saturated rings. The highest BCUT2D eigenvalue weighted by Gasteiger charge is 2.67. The first kappa shape index (κ1) is 21.8. The first-order valence-electron chi connectivity index (χ1n) is 10.4. The van der Waals surface area contributed by atoms with Gasteiger partial charge in [-0.15, -0.1) is 0 Å². The highest BCUT2D eigenvalue weighted by Crippen LogP contribution is 2.50. The predicted octanol–water partition coefficient (Wildman–Crippen LogP) is 2.80. The lowest BCUT2D eigenvalue weighted by molar-refractivity contribution is -0.153. The van der Waals surface area contributed by atoms with E-state index in [-0.39, 0.29) is 23.6 Å². The lowest BCUT2D eigenvalue weighted by Crippen LogP contribution is -2.54. The summed E-state index contributed by atoms with van der Waals surface area (Å²) in [6.45, 7) is 4.62. The van der Waals surface area contributed by atoms with Crippen molar-refractivity contribution in [3.8, 4) is 0 Å². The van der Waals surface area contributed by atoms with Crippen LogP contribution >= 0.6 is 0 Å². The summed E-state index contributed by atoms with van der Waals surface area (Å²) in [5.41, 5.74) is -0.762. The van der Waals surface area contributed by atoms with E-state index in [9.17, 15) is 23.6 Å². The molecule has 2 amide bonds. The number of ketones is 1. The summed E-state index contributed by atoms with van der Waals surface area (Å²) in [6.07, 6.45) is 0. The van der Waals surface area contributed by atoms with E-state index < -0.39 is 47.0 Å². The van der Waals surface area contributed by atoms with Crippen molar-refractivity contribution < 1.29 is 28.3 Å². The predicted molar refractivity (Wildman–Crippen MR) is 113 cm³/mol. The SMILES string of the molecule is CCOC(=O)[C@@]1(C)N[C@@H](c2ccccc2F)[C@H]2C(=O)N(c3cccc(C(C)=O)c3)C(=O)[C@H]21. The Balaban J connectivity index is 1.84. The molecule has 0 saturated carbocycles. The van der Waals surface area contributed by atoms with Crippen molar-refractivity contribution >= 4 is 29.3 Å². The summed E-state index contributed by atoms with van der Waals surface area (Å²) in [5.74, 6) is -4.72. The van der Waals surface area contributed by atoms with Crippen LogP contribution in [0.15, 0.2) is 48.5 Å². The van der Waals surface area contributed by atoms with Crippen LogP contribution in [-0.4, -0.2) is 35.7 Å². The number of amides is 2. The molecule has 0 spiro atoms. The summed E-state index contributed by atoms with van der Waals surface area (Å²) in [7, 11) is 0. The minimum Gasteiger partial charge on any atom is -0.465 e. The van der Waals surface area contributed by atoms with Gasteiger partial charge >= 0.3 is 5.97 Å². The van der Waals surface area contributed by atoms with Gasteiger partial charge in [-0.2, -0.15) is 0 Å². The minimum atomic E-state index is -1.53. The maximum absolute atomic E-state index is 14.7. The topological polar surface area (TPSA) is 92.8 Å². The molecule has 4 rings (SSSR count). The average Bonchev–Trinajstić information content (AvgIpc) is 3.22. The Morgan fingerprint density at radius 3 is 2.50 bits per heavy atom. The monoisotopic (exact) mass is 438 g/mol. The maximum Gasteiger partial charge on any atom is 0.326 e. The Morgan fingerprint density at radius 2 is 1.84 bits per heavy atom. The Bertz CT molecular complexity index is 1130. The number of carbonyl (C=O) groups excluding carboxylic acids is 4. The third kappa shape index (κ3) is 3.22. The van der Waals surface area contributed by atoms with E-state index in [4.69, 9.17) is 4.74 Å². The number of ether oxygens (including phenoxy) is 1. The van der Waals surface area contributed by atoms with Crippen molar-refractivity contribution in [3.63, 3.8) is 0 Å². The highest BCUT2D eigenvalue weighted by atomic mass is 19.1. The molecule has 32 heavy (non-hydrogen) atoms. The third-order valence-corrected chi connectivity index (χ3v) is 6.24. The molecule has 2 saturated heterocycles. The number of nitrogens with zero attached hydrogens (tertiary/aromatic N) is 1. The van der Waals surface area contributed by atoms with E-state index in [2.05, 4.69) is 5.32 Å². The smallest absolute Gasteiger partial charge is 0.326 e. The molecule has 4 atom stereocenters. The van der Waals surface area contributed by atoms with Crippen LogP contribution in [0.4, 0.5) is 10.1 Å². The van der Waals surface area contributed by atoms with Crippen LogP contribution in [0.1, 0.15) is 42.7 Å². The number of carbonyl (C=O) groups is 4. The molecular formula is C24H23FN2O5. The number of Topliss-reactive ketones (excluding diaryl/α,β-unsaturated/α-hetero) is 1. The molecule has 2 aromatic rings. The first-order chi connectivity index (χ1) is 15.2. The zero-order chi connectivity index (χ0) is 23.2. The fourth-order valence-corrected chi connectivity index (χ4v) is 4.72. The van der Waals surface area contributed by atoms with E-state index in [0.717, 1.165) is 4.90 Å². The van der Waals surface area contributed by atoms with E-state index >= 15 is 0 Å². The number of hydrogen-bond acceptors (Lipinski definition) is 6. The molecule has 1 N–H and O–H groups in total. The molecule has 8 heteroatoms. The second-order valence-corrected chi connectivity index (χ2v) is 8.19. The zero-order valence-electron chi connectivity index (χ0n) is 17.9. The number of imide groups is 1. The van der Waals surface area contributed by atoms with Gasteiger partial charge in [0.05, 0.1) is 24.1 Å². The maximum atomic E-state index is 14.7. The van der Waals surface area contributed by atoms with Gasteiger partial charge in [0.2, 0.25) is 11.8 Å². The second kappa shape index (κ2) is 7.94. The number of benzene rings is 2. The number of rotatable bonds is 5. The van der Waals surface area contributed by atoms with Crippen LogP contribution in [-0.2, 0) is 19.1 Å². The molecule has 0 radical (unpaired) electrons. The number of hydrogen-bond donors (Lipinski definition) is 1. The Hall–Kier alpha value is -3.39. The summed E-state index contributed by atoms with van der Waals surface area (Å²) in [6, 6.07) is 11.2. The van der Waals surface area contributed by atoms with Crippen LogP contribution in [0, 0.1) is 17.7 Å². The molecule has 2 aliphatic rings. The van der Waals surface area contributed by atoms with Crippen LogP contribution in [0.3, 0.4) is 0 Å². The quantitative estimate of drug-likeness (QED) is 0.438. The van der Waals surface area contributed by atoms with Crippen molar-refractivity contribution in [2.75, 3.05) is 11.5 Å². The Morgan fingerprint density at radius 1 is 1.12 bits per heavy atom. The molecule has 2 aliphatic heterocycles. The van der Waals surface area contributed by atoms with Gasteiger partial charge in [-0.3, -0.25) is 24.5 Å². The fraction of sp³-hybridized carbons (Fsp3) is 0.333. The average molecular weight is 438 g/mol. The van der Waals surface area contributed by atoms with Gasteiger partial charge in [-0.05, 0) is 39.0 Å². The van der Waals surface area contributed by atoms with Crippen molar-refractivity contribution in [2.24, 2.45) is 11.8 Å². The van der Waals surface area contributed by atoms with Gasteiger partial charge in [0.1, 0.15) is 11.4 Å². The van der Waals surface area contributed by atoms with Gasteiger partial charge < -0.3 is 4.74 Å². The number of anilines is 1. The fourth-order valence-electron chi connectivity index (χ4n) is 4.72. The summed E-state index contributed by atoms with van der Waals surface area (Å²) >= 11 is 0. The molecule has 0 aliphatic carbocycles. The zero-order valence-corrected chi connectivity index (χ0v) is 17.9. The second-order valence-electron chi connectivity index (χ2n) is 8.19. The summed E-state index contributed by atoms with van der Waals surface area (Å²) in [5, 5.41) is 3.04. The van der Waals surface area contributed by atoms with Crippen LogP contribution in [0.25, 0.3) is 0 Å². The minimum absolute atomic E-state index is 0.0877. The molecule has 2 aromatic carbocycles. The molecule has 0 unspecified atom stereocenters. The van der Waals surface area contributed by atoms with Gasteiger partial charge in [0.25, 0.3) is 0 Å². The Labute approximate surface area is 184 Å². The molecule has 7 nitrogen and oxygen atoms in total. The van der Waals surface area contributed by atoms with E-state index in [1.54, 1.807) is 31.2 Å². The van der Waals surface area contributed by atoms with E-state index in [1.807, 2.05) is 0 Å². The standard InChI is InChI=1S/C24H23FN2O5/c1-4-32-23(31)24(3)19-18(20(26-24)16-10-5-6-11-17(16)25)21(29)27(22(19)30)15-9-7-8-14(12-15)13(2)28/h5-12,18-20,26H,4H2,1-3H3/t18-,19-,20-,24-/m0/s1. The van der Waals surface area contributed by atoms with Gasteiger partial charge in [-0.1, -0.05) is 30.3 Å². The van der Waals surface area contributed by atoms with E-state index in [1.165, 1.54) is 38.1 Å². The first-order valence-corrected chi connectivity index (χ1v) is 10.4. The molecule has 0 aromatic heterocycles. The molecule has 166 valence electrons. The van der Waals surface area contributed by atoms with Crippen LogP contribution in [0.5, 0.6) is 0 Å². The lowest BCUT2D eigenvalue weighted by Gasteiger charge is -2.29. The number of nitrogens with one attached hydrogen (secondary N) is 1. The van der Waals surface area contributed by atoms with Gasteiger partial charge in [-0.25, -0.2) is 9.29 Å². The largest absolute Gasteiger partial charge is 0.465 e. The van der Waals surface area contributed by atoms with E-state index in [0.29, 0.717) is 5.56 Å². The molecule has 2 heterocycles. The number of fused-ring (bicyclic) bond motifs is 1. The van der Waals surface area contributed by atoms with Gasteiger partial charge in [0.15, 0.2) is 5.78 Å². The van der Waals surface area contributed by atoms with Crippen molar-refractivity contribution in [3.05, 3.63) is 65.5 Å². The van der Waals surface area contributed by atoms with Crippen molar-refractivity contribution in [2.45, 2.75) is 32.4 Å². The Kier molecular flexibility index (Phi) is 5.42. The third-order valence-electron chi connectivity index (χ3n) is 6.24. The summed E-state index contributed by atoms with van der Waals surface area (Å²) < 4.78 is 19.9. The summed E-state index contributed by atoms with van der Waals surface area (Å²) in [4.78, 5) is 52.8.